The fourth-order valence-electron chi connectivity index (χ4n) is 3.93. The number of aromatic amines is 1. The lowest BCUT2D eigenvalue weighted by Gasteiger charge is -2.33. The number of amides is 2. The average molecular weight is 500 g/mol. The number of fused-ring (bicyclic) bond motifs is 1. The number of piperidine rings is 1. The molecule has 0 atom stereocenters. The third-order valence-corrected chi connectivity index (χ3v) is 5.51. The van der Waals surface area contributed by atoms with Gasteiger partial charge in [0.1, 0.15) is 29.2 Å². The molecule has 4 heterocycles. The Bertz CT molecular complexity index is 1210. The van der Waals surface area contributed by atoms with Gasteiger partial charge in [-0.3, -0.25) is 10.1 Å². The van der Waals surface area contributed by atoms with Crippen LogP contribution in [-0.4, -0.2) is 56.7 Å². The highest BCUT2D eigenvalue weighted by Gasteiger charge is 2.25. The van der Waals surface area contributed by atoms with Crippen LogP contribution in [0.4, 0.5) is 20.8 Å². The fraction of sp³-hybridized carbons (Fsp3) is 0.480. The van der Waals surface area contributed by atoms with Gasteiger partial charge in [0.15, 0.2) is 5.82 Å². The number of nitrogens with zero attached hydrogens (tertiary/aromatic N) is 4. The number of rotatable bonds is 4. The minimum atomic E-state index is -0.768. The molecule has 1 saturated heterocycles. The molecule has 3 aromatic heterocycles. The summed E-state index contributed by atoms with van der Waals surface area (Å²) in [5.74, 6) is -0.427. The van der Waals surface area contributed by atoms with Gasteiger partial charge < -0.3 is 19.9 Å². The van der Waals surface area contributed by atoms with Crippen LogP contribution in [0.2, 0.25) is 0 Å². The number of anilines is 2. The Morgan fingerprint density at radius 2 is 1.86 bits per heavy atom. The SMILES string of the molecule is CC.Cc1c[nH]c2ncnc(N3CCC(NC(=O)c4cc(NC(=O)OC(C)(C)C)ncc4F)CC3)c12. The topological polar surface area (TPSA) is 125 Å². The van der Waals surface area contributed by atoms with E-state index in [0.29, 0.717) is 25.9 Å². The van der Waals surface area contributed by atoms with Crippen molar-refractivity contribution in [1.82, 2.24) is 25.3 Å². The quantitative estimate of drug-likeness (QED) is 0.480. The van der Waals surface area contributed by atoms with Crippen molar-refractivity contribution in [1.29, 1.82) is 0 Å². The highest BCUT2D eigenvalue weighted by Crippen LogP contribution is 2.28. The molecule has 0 spiro atoms. The van der Waals surface area contributed by atoms with E-state index in [9.17, 15) is 14.0 Å². The van der Waals surface area contributed by atoms with Crippen LogP contribution in [0.1, 0.15) is 63.4 Å². The minimum absolute atomic E-state index is 0.0327. The Hall–Kier alpha value is -3.76. The fourth-order valence-corrected chi connectivity index (χ4v) is 3.93. The number of nitrogens with one attached hydrogen (secondary N) is 3. The van der Waals surface area contributed by atoms with Crippen molar-refractivity contribution in [2.75, 3.05) is 23.3 Å². The molecule has 3 N–H and O–H groups in total. The van der Waals surface area contributed by atoms with E-state index in [4.69, 9.17) is 4.74 Å². The van der Waals surface area contributed by atoms with E-state index in [1.165, 1.54) is 12.4 Å². The number of aromatic nitrogens is 4. The number of hydrogen-bond acceptors (Lipinski definition) is 7. The number of halogens is 1. The van der Waals surface area contributed by atoms with Crippen LogP contribution in [0.15, 0.2) is 24.8 Å². The van der Waals surface area contributed by atoms with Gasteiger partial charge in [-0.1, -0.05) is 13.8 Å². The first kappa shape index (κ1) is 26.8. The second-order valence-electron chi connectivity index (χ2n) is 9.30. The number of ether oxygens (including phenoxy) is 1. The van der Waals surface area contributed by atoms with Crippen LogP contribution in [-0.2, 0) is 4.74 Å². The van der Waals surface area contributed by atoms with Gasteiger partial charge in [0, 0.05) is 25.3 Å². The van der Waals surface area contributed by atoms with Gasteiger partial charge in [-0.05, 0) is 52.2 Å². The predicted molar refractivity (Wildman–Crippen MR) is 137 cm³/mol. The molecule has 0 aliphatic carbocycles. The molecule has 3 aromatic rings. The van der Waals surface area contributed by atoms with E-state index in [2.05, 4.69) is 35.5 Å². The van der Waals surface area contributed by atoms with Crippen molar-refractivity contribution >= 4 is 34.7 Å². The lowest BCUT2D eigenvalue weighted by Crippen LogP contribution is -2.45. The molecule has 36 heavy (non-hydrogen) atoms. The molecule has 4 rings (SSSR count). The molecule has 1 fully saturated rings. The monoisotopic (exact) mass is 499 g/mol. The number of carbonyl (C=O) groups excluding carboxylic acids is 2. The number of carbonyl (C=O) groups is 2. The Morgan fingerprint density at radius 1 is 1.17 bits per heavy atom. The molecule has 10 nitrogen and oxygen atoms in total. The first-order chi connectivity index (χ1) is 17.1. The van der Waals surface area contributed by atoms with Gasteiger partial charge in [0.2, 0.25) is 0 Å². The molecular weight excluding hydrogens is 465 g/mol. The highest BCUT2D eigenvalue weighted by atomic mass is 19.1. The van der Waals surface area contributed by atoms with Gasteiger partial charge in [0.25, 0.3) is 5.91 Å². The largest absolute Gasteiger partial charge is 0.444 e. The van der Waals surface area contributed by atoms with E-state index in [1.54, 1.807) is 20.8 Å². The molecule has 1 aliphatic heterocycles. The number of hydrogen-bond donors (Lipinski definition) is 3. The van der Waals surface area contributed by atoms with E-state index >= 15 is 0 Å². The molecule has 0 radical (unpaired) electrons. The molecule has 0 bridgehead atoms. The molecular formula is C25H34FN7O3. The summed E-state index contributed by atoms with van der Waals surface area (Å²) in [6, 6.07) is 1.08. The van der Waals surface area contributed by atoms with Gasteiger partial charge in [0.05, 0.1) is 17.1 Å². The zero-order valence-corrected chi connectivity index (χ0v) is 21.6. The van der Waals surface area contributed by atoms with Crippen LogP contribution in [0, 0.1) is 12.7 Å². The Labute approximate surface area is 210 Å². The number of pyridine rings is 1. The molecule has 2 amide bonds. The summed E-state index contributed by atoms with van der Waals surface area (Å²) in [5.41, 5.74) is 0.979. The molecule has 1 aliphatic rings. The van der Waals surface area contributed by atoms with Crippen LogP contribution in [0.25, 0.3) is 11.0 Å². The second kappa shape index (κ2) is 11.3. The van der Waals surface area contributed by atoms with Crippen molar-refractivity contribution in [2.45, 2.75) is 66.0 Å². The zero-order valence-electron chi connectivity index (χ0n) is 21.6. The first-order valence-corrected chi connectivity index (χ1v) is 12.1. The van der Waals surface area contributed by atoms with Crippen molar-refractivity contribution in [3.05, 3.63) is 41.7 Å². The lowest BCUT2D eigenvalue weighted by atomic mass is 10.0. The van der Waals surface area contributed by atoms with Crippen molar-refractivity contribution < 1.29 is 18.7 Å². The highest BCUT2D eigenvalue weighted by molar-refractivity contribution is 5.96. The average Bonchev–Trinajstić information content (AvgIpc) is 3.22. The summed E-state index contributed by atoms with van der Waals surface area (Å²) in [5, 5.41) is 6.31. The van der Waals surface area contributed by atoms with Gasteiger partial charge in [-0.2, -0.15) is 0 Å². The Balaban J connectivity index is 0.00000176. The predicted octanol–water partition coefficient (Wildman–Crippen LogP) is 4.57. The summed E-state index contributed by atoms with van der Waals surface area (Å²) in [7, 11) is 0. The third kappa shape index (κ3) is 6.46. The summed E-state index contributed by atoms with van der Waals surface area (Å²) >= 11 is 0. The third-order valence-electron chi connectivity index (χ3n) is 5.51. The van der Waals surface area contributed by atoms with Crippen LogP contribution in [0.3, 0.4) is 0 Å². The van der Waals surface area contributed by atoms with E-state index in [-0.39, 0.29) is 17.4 Å². The first-order valence-electron chi connectivity index (χ1n) is 12.1. The normalized spacial score (nSPS) is 14.1. The molecule has 194 valence electrons. The van der Waals surface area contributed by atoms with E-state index in [0.717, 1.165) is 28.6 Å². The lowest BCUT2D eigenvalue weighted by molar-refractivity contribution is 0.0634. The summed E-state index contributed by atoms with van der Waals surface area (Å²) < 4.78 is 19.5. The molecule has 0 unspecified atom stereocenters. The maximum absolute atomic E-state index is 14.3. The zero-order chi connectivity index (χ0) is 26.5. The van der Waals surface area contributed by atoms with Gasteiger partial charge in [-0.25, -0.2) is 24.1 Å². The Kier molecular flexibility index (Phi) is 8.44. The van der Waals surface area contributed by atoms with Crippen molar-refractivity contribution in [3.8, 4) is 0 Å². The smallest absolute Gasteiger partial charge is 0.413 e. The minimum Gasteiger partial charge on any atom is -0.444 e. The maximum Gasteiger partial charge on any atom is 0.413 e. The summed E-state index contributed by atoms with van der Waals surface area (Å²) in [6.45, 7) is 12.6. The molecule has 0 saturated carbocycles. The standard InChI is InChI=1S/C23H28FN7O3.C2H6/c1-13-10-26-19-18(13)20(28-12-27-19)31-7-5-14(6-8-31)29-21(32)15-9-17(25-11-16(15)24)30-22(33)34-23(2,3)4;1-2/h9-12,14H,5-8H2,1-4H3,(H,29,32)(H,25,30,33)(H,26,27,28);1-2H3. The van der Waals surface area contributed by atoms with Gasteiger partial charge >= 0.3 is 6.09 Å². The Morgan fingerprint density at radius 3 is 2.53 bits per heavy atom. The van der Waals surface area contributed by atoms with E-state index in [1.807, 2.05) is 27.0 Å². The van der Waals surface area contributed by atoms with Crippen molar-refractivity contribution in [3.63, 3.8) is 0 Å². The molecule has 0 aromatic carbocycles. The van der Waals surface area contributed by atoms with E-state index < -0.39 is 23.4 Å². The van der Waals surface area contributed by atoms with Crippen LogP contribution < -0.4 is 15.5 Å². The number of H-pyrrole nitrogens is 1. The maximum atomic E-state index is 14.3. The van der Waals surface area contributed by atoms with Crippen LogP contribution >= 0.6 is 0 Å². The second-order valence-corrected chi connectivity index (χ2v) is 9.30. The molecule has 11 heteroatoms. The van der Waals surface area contributed by atoms with Crippen molar-refractivity contribution in [2.24, 2.45) is 0 Å². The summed E-state index contributed by atoms with van der Waals surface area (Å²) in [6.07, 6.45) is 4.97. The summed E-state index contributed by atoms with van der Waals surface area (Å²) in [4.78, 5) is 42.6. The number of aryl methyl sites for hydroxylation is 1. The van der Waals surface area contributed by atoms with Gasteiger partial charge in [-0.15, -0.1) is 0 Å². The van der Waals surface area contributed by atoms with Crippen LogP contribution in [0.5, 0.6) is 0 Å².